The summed E-state index contributed by atoms with van der Waals surface area (Å²) in [5, 5.41) is 14.8. The molecule has 0 atom stereocenters. The zero-order valence-electron chi connectivity index (χ0n) is 14.3. The van der Waals surface area contributed by atoms with E-state index in [2.05, 4.69) is 9.58 Å². The summed E-state index contributed by atoms with van der Waals surface area (Å²) in [4.78, 5) is 22.9. The fraction of sp³-hybridized carbons (Fsp3) is 0.444. The van der Waals surface area contributed by atoms with Gasteiger partial charge < -0.3 is 10.0 Å². The van der Waals surface area contributed by atoms with E-state index in [-0.39, 0.29) is 0 Å². The molecular formula is C18H19N5O2S. The number of aromatic nitrogens is 4. The smallest absolute Gasteiger partial charge is 0.335 e. The van der Waals surface area contributed by atoms with Crippen molar-refractivity contribution < 1.29 is 9.90 Å². The third kappa shape index (κ3) is 2.65. The maximum Gasteiger partial charge on any atom is 0.335 e. The number of hydrogen-bond acceptors (Lipinski definition) is 6. The van der Waals surface area contributed by atoms with Crippen molar-refractivity contribution >= 4 is 32.7 Å². The van der Waals surface area contributed by atoms with Gasteiger partial charge in [0.05, 0.1) is 15.8 Å². The summed E-state index contributed by atoms with van der Waals surface area (Å²) < 4.78 is 2.99. The van der Waals surface area contributed by atoms with Gasteiger partial charge in [0.15, 0.2) is 11.0 Å². The first-order valence-electron chi connectivity index (χ1n) is 9.00. The monoisotopic (exact) mass is 369 g/mol. The Labute approximate surface area is 154 Å². The van der Waals surface area contributed by atoms with Gasteiger partial charge in [0, 0.05) is 32.0 Å². The Balaban J connectivity index is 1.31. The molecule has 134 valence electrons. The predicted molar refractivity (Wildman–Crippen MR) is 99.1 cm³/mol. The maximum atomic E-state index is 11.1. The molecule has 5 rings (SSSR count). The summed E-state index contributed by atoms with van der Waals surface area (Å²) in [6, 6.07) is 5.12. The van der Waals surface area contributed by atoms with Crippen molar-refractivity contribution in [1.29, 1.82) is 0 Å². The van der Waals surface area contributed by atoms with Crippen LogP contribution in [0.2, 0.25) is 0 Å². The molecule has 3 aromatic rings. The lowest BCUT2D eigenvalue weighted by Crippen LogP contribution is -2.33. The summed E-state index contributed by atoms with van der Waals surface area (Å²) in [6.45, 7) is 2.87. The molecule has 1 N–H and O–H groups in total. The van der Waals surface area contributed by atoms with Crippen LogP contribution in [0.1, 0.15) is 47.2 Å². The molecule has 0 radical (unpaired) electrons. The van der Waals surface area contributed by atoms with Crippen molar-refractivity contribution in [3.05, 3.63) is 35.4 Å². The Bertz CT molecular complexity index is 965. The third-order valence-corrected chi connectivity index (χ3v) is 6.37. The van der Waals surface area contributed by atoms with Crippen LogP contribution in [0.3, 0.4) is 0 Å². The van der Waals surface area contributed by atoms with E-state index < -0.39 is 5.97 Å². The predicted octanol–water partition coefficient (Wildman–Crippen LogP) is 2.92. The highest BCUT2D eigenvalue weighted by Crippen LogP contribution is 2.34. The standard InChI is InChI=1S/C18H19N5O2S/c24-17(25)12-3-4-13-14(10-12)26-18(19-13)22-8-5-11(6-9-22)16-20-15-2-1-7-23(15)21-16/h3-4,10-11H,1-2,5-9H2,(H,24,25). The number of hydrogen-bond donors (Lipinski definition) is 1. The summed E-state index contributed by atoms with van der Waals surface area (Å²) in [5.74, 6) is 1.68. The van der Waals surface area contributed by atoms with E-state index in [1.807, 2.05) is 0 Å². The van der Waals surface area contributed by atoms with Gasteiger partial charge >= 0.3 is 5.97 Å². The lowest BCUT2D eigenvalue weighted by Gasteiger charge is -2.30. The molecular weight excluding hydrogens is 350 g/mol. The van der Waals surface area contributed by atoms with E-state index in [0.717, 1.165) is 72.3 Å². The summed E-state index contributed by atoms with van der Waals surface area (Å²) >= 11 is 1.57. The molecule has 8 heteroatoms. The molecule has 0 amide bonds. The normalized spacial score (nSPS) is 17.8. The Kier molecular flexibility index (Phi) is 3.66. The minimum atomic E-state index is -0.901. The number of carboxylic acid groups (broad SMARTS) is 1. The van der Waals surface area contributed by atoms with Gasteiger partial charge in [0.25, 0.3) is 0 Å². The molecule has 1 aromatic carbocycles. The largest absolute Gasteiger partial charge is 0.478 e. The van der Waals surface area contributed by atoms with Gasteiger partial charge in [0.1, 0.15) is 5.82 Å². The third-order valence-electron chi connectivity index (χ3n) is 5.29. The fourth-order valence-electron chi connectivity index (χ4n) is 3.83. The Morgan fingerprint density at radius 1 is 1.19 bits per heavy atom. The molecule has 0 aliphatic carbocycles. The van der Waals surface area contributed by atoms with E-state index in [1.54, 1.807) is 29.5 Å². The zero-order valence-corrected chi connectivity index (χ0v) is 15.1. The fourth-order valence-corrected chi connectivity index (χ4v) is 4.88. The number of nitrogens with zero attached hydrogens (tertiary/aromatic N) is 5. The van der Waals surface area contributed by atoms with E-state index in [1.165, 1.54) is 0 Å². The van der Waals surface area contributed by atoms with Crippen molar-refractivity contribution in [2.45, 2.75) is 38.1 Å². The first kappa shape index (κ1) is 15.7. The molecule has 1 fully saturated rings. The SMILES string of the molecule is O=C(O)c1ccc2nc(N3CCC(c4nc5n(n4)CCC5)CC3)sc2c1. The number of anilines is 1. The Hall–Kier alpha value is -2.48. The van der Waals surface area contributed by atoms with Crippen LogP contribution in [0, 0.1) is 0 Å². The Morgan fingerprint density at radius 3 is 2.81 bits per heavy atom. The molecule has 4 heterocycles. The van der Waals surface area contributed by atoms with E-state index in [9.17, 15) is 4.79 Å². The van der Waals surface area contributed by atoms with Crippen LogP contribution in [-0.2, 0) is 13.0 Å². The highest BCUT2D eigenvalue weighted by Gasteiger charge is 2.27. The van der Waals surface area contributed by atoms with Crippen LogP contribution in [0.5, 0.6) is 0 Å². The molecule has 2 aromatic heterocycles. The first-order valence-corrected chi connectivity index (χ1v) is 9.81. The van der Waals surface area contributed by atoms with Crippen molar-refractivity contribution in [2.24, 2.45) is 0 Å². The molecule has 26 heavy (non-hydrogen) atoms. The maximum absolute atomic E-state index is 11.1. The molecule has 2 aliphatic heterocycles. The van der Waals surface area contributed by atoms with Gasteiger partial charge in [-0.1, -0.05) is 11.3 Å². The number of piperidine rings is 1. The average molecular weight is 369 g/mol. The van der Waals surface area contributed by atoms with Gasteiger partial charge in [0.2, 0.25) is 0 Å². The van der Waals surface area contributed by atoms with Crippen molar-refractivity contribution in [1.82, 2.24) is 19.7 Å². The van der Waals surface area contributed by atoms with Crippen LogP contribution < -0.4 is 4.90 Å². The highest BCUT2D eigenvalue weighted by molar-refractivity contribution is 7.22. The lowest BCUT2D eigenvalue weighted by molar-refractivity contribution is 0.0697. The minimum absolute atomic E-state index is 0.310. The number of fused-ring (bicyclic) bond motifs is 2. The van der Waals surface area contributed by atoms with Gasteiger partial charge in [-0.2, -0.15) is 5.10 Å². The van der Waals surface area contributed by atoms with Crippen LogP contribution in [0.25, 0.3) is 10.2 Å². The average Bonchev–Trinajstić information content (AvgIpc) is 3.35. The van der Waals surface area contributed by atoms with Gasteiger partial charge in [-0.05, 0) is 37.5 Å². The first-order chi connectivity index (χ1) is 12.7. The second-order valence-electron chi connectivity index (χ2n) is 6.96. The highest BCUT2D eigenvalue weighted by atomic mass is 32.1. The number of rotatable bonds is 3. The summed E-state index contributed by atoms with van der Waals surface area (Å²) in [5.41, 5.74) is 1.18. The number of carbonyl (C=O) groups is 1. The number of benzene rings is 1. The molecule has 2 aliphatic rings. The van der Waals surface area contributed by atoms with E-state index >= 15 is 0 Å². The number of aromatic carboxylic acids is 1. The van der Waals surface area contributed by atoms with Crippen molar-refractivity contribution in [2.75, 3.05) is 18.0 Å². The minimum Gasteiger partial charge on any atom is -0.478 e. The molecule has 7 nitrogen and oxygen atoms in total. The van der Waals surface area contributed by atoms with Gasteiger partial charge in [-0.15, -0.1) is 0 Å². The molecule has 1 saturated heterocycles. The number of carboxylic acids is 1. The number of thiazole rings is 1. The Morgan fingerprint density at radius 2 is 2.04 bits per heavy atom. The quantitative estimate of drug-likeness (QED) is 0.764. The lowest BCUT2D eigenvalue weighted by atomic mass is 9.96. The van der Waals surface area contributed by atoms with Crippen molar-refractivity contribution in [3.63, 3.8) is 0 Å². The van der Waals surface area contributed by atoms with Gasteiger partial charge in [-0.3, -0.25) is 0 Å². The van der Waals surface area contributed by atoms with Crippen molar-refractivity contribution in [3.8, 4) is 0 Å². The van der Waals surface area contributed by atoms with E-state index in [0.29, 0.717) is 11.5 Å². The summed E-state index contributed by atoms with van der Waals surface area (Å²) in [7, 11) is 0. The number of aryl methyl sites for hydroxylation is 2. The second-order valence-corrected chi connectivity index (χ2v) is 7.97. The van der Waals surface area contributed by atoms with Crippen LogP contribution in [0.15, 0.2) is 18.2 Å². The molecule has 0 spiro atoms. The summed E-state index contributed by atoms with van der Waals surface area (Å²) in [6.07, 6.45) is 4.27. The van der Waals surface area contributed by atoms with Crippen LogP contribution in [-0.4, -0.2) is 43.9 Å². The molecule has 0 unspecified atom stereocenters. The molecule has 0 saturated carbocycles. The van der Waals surface area contributed by atoms with Crippen LogP contribution in [0.4, 0.5) is 5.13 Å². The molecule has 0 bridgehead atoms. The zero-order chi connectivity index (χ0) is 17.7. The topological polar surface area (TPSA) is 84.1 Å². The van der Waals surface area contributed by atoms with E-state index in [4.69, 9.17) is 20.2 Å². The van der Waals surface area contributed by atoms with Gasteiger partial charge in [-0.25, -0.2) is 19.4 Å². The second kappa shape index (κ2) is 6.05. The van der Waals surface area contributed by atoms with Crippen LogP contribution >= 0.6 is 11.3 Å².